The van der Waals surface area contributed by atoms with E-state index in [1.54, 1.807) is 0 Å². The Morgan fingerprint density at radius 3 is 2.35 bits per heavy atom. The van der Waals surface area contributed by atoms with E-state index in [-0.39, 0.29) is 12.4 Å². The first-order chi connectivity index (χ1) is 9.24. The van der Waals surface area contributed by atoms with Crippen molar-refractivity contribution in [2.45, 2.75) is 13.8 Å². The molecule has 1 aromatic rings. The van der Waals surface area contributed by atoms with Gasteiger partial charge in [0.1, 0.15) is 12.4 Å². The summed E-state index contributed by atoms with van der Waals surface area (Å²) in [4.78, 5) is 2.56. The van der Waals surface area contributed by atoms with Gasteiger partial charge in [0, 0.05) is 19.6 Å². The lowest BCUT2D eigenvalue weighted by Gasteiger charge is -2.18. The van der Waals surface area contributed by atoms with Gasteiger partial charge in [-0.1, -0.05) is 18.2 Å². The molecule has 112 valence electrons. The Labute approximate surface area is 128 Å². The zero-order valence-corrected chi connectivity index (χ0v) is 13.2. The third kappa shape index (κ3) is 3.27. The molecular formula is C16H25ClN2O. The van der Waals surface area contributed by atoms with Crippen LogP contribution in [0.25, 0.3) is 0 Å². The predicted molar refractivity (Wildman–Crippen MR) is 84.9 cm³/mol. The summed E-state index contributed by atoms with van der Waals surface area (Å²) < 4.78 is 5.99. The second-order valence-corrected chi connectivity index (χ2v) is 6.01. The molecule has 0 bridgehead atoms. The molecule has 0 saturated carbocycles. The number of ether oxygens (including phenoxy) is 1. The highest BCUT2D eigenvalue weighted by Gasteiger charge is 2.35. The Balaban J connectivity index is 0.00000147. The van der Waals surface area contributed by atoms with E-state index in [1.165, 1.54) is 37.3 Å². The Kier molecular flexibility index (Phi) is 5.30. The molecule has 2 fully saturated rings. The van der Waals surface area contributed by atoms with Crippen LogP contribution in [0, 0.1) is 25.7 Å². The maximum Gasteiger partial charge on any atom is 0.125 e. The number of fused-ring (bicyclic) bond motifs is 1. The van der Waals surface area contributed by atoms with Gasteiger partial charge in [-0.25, -0.2) is 0 Å². The Morgan fingerprint density at radius 1 is 1.15 bits per heavy atom. The molecule has 0 spiro atoms. The second-order valence-electron chi connectivity index (χ2n) is 6.01. The lowest BCUT2D eigenvalue weighted by Crippen LogP contribution is -2.29. The van der Waals surface area contributed by atoms with Gasteiger partial charge < -0.3 is 10.1 Å². The number of para-hydroxylation sites is 1. The number of rotatable bonds is 4. The lowest BCUT2D eigenvalue weighted by molar-refractivity contribution is 0.226. The molecule has 1 aromatic carbocycles. The van der Waals surface area contributed by atoms with Crippen LogP contribution in [0.15, 0.2) is 18.2 Å². The number of nitrogens with one attached hydrogen (secondary N) is 1. The third-order valence-corrected chi connectivity index (χ3v) is 4.53. The molecule has 0 amide bonds. The van der Waals surface area contributed by atoms with Crippen molar-refractivity contribution in [1.29, 1.82) is 0 Å². The Bertz CT molecular complexity index is 420. The summed E-state index contributed by atoms with van der Waals surface area (Å²) >= 11 is 0. The van der Waals surface area contributed by atoms with E-state index >= 15 is 0 Å². The van der Waals surface area contributed by atoms with Gasteiger partial charge in [0.25, 0.3) is 0 Å². The molecular weight excluding hydrogens is 272 g/mol. The van der Waals surface area contributed by atoms with E-state index in [2.05, 4.69) is 42.3 Å². The van der Waals surface area contributed by atoms with Gasteiger partial charge in [0.05, 0.1) is 0 Å². The van der Waals surface area contributed by atoms with Crippen LogP contribution in [0.4, 0.5) is 0 Å². The fourth-order valence-electron chi connectivity index (χ4n) is 3.44. The summed E-state index contributed by atoms with van der Waals surface area (Å²) in [6.45, 7) is 11.0. The quantitative estimate of drug-likeness (QED) is 0.922. The SMILES string of the molecule is Cc1cccc(C)c1OCCN1C[C@H]2CNC[C@H]2C1.Cl. The highest BCUT2D eigenvalue weighted by atomic mass is 35.5. The first-order valence-electron chi connectivity index (χ1n) is 7.36. The average Bonchev–Trinajstić information content (AvgIpc) is 2.93. The molecule has 2 aliphatic rings. The summed E-state index contributed by atoms with van der Waals surface area (Å²) in [5.41, 5.74) is 2.48. The standard InChI is InChI=1S/C16H24N2O.ClH/c1-12-4-3-5-13(2)16(12)19-7-6-18-10-14-8-17-9-15(14)11-18;/h3-5,14-15,17H,6-11H2,1-2H3;1H/t14-,15+;. The highest BCUT2D eigenvalue weighted by Crippen LogP contribution is 2.26. The molecule has 4 heteroatoms. The van der Waals surface area contributed by atoms with E-state index in [1.807, 2.05) is 0 Å². The van der Waals surface area contributed by atoms with Crippen LogP contribution in [0.3, 0.4) is 0 Å². The molecule has 2 aliphatic heterocycles. The van der Waals surface area contributed by atoms with Gasteiger partial charge in [-0.15, -0.1) is 12.4 Å². The van der Waals surface area contributed by atoms with Crippen LogP contribution >= 0.6 is 12.4 Å². The molecule has 2 atom stereocenters. The number of halogens is 1. The maximum atomic E-state index is 5.99. The van der Waals surface area contributed by atoms with Crippen molar-refractivity contribution in [1.82, 2.24) is 10.2 Å². The monoisotopic (exact) mass is 296 g/mol. The van der Waals surface area contributed by atoms with Crippen molar-refractivity contribution in [3.63, 3.8) is 0 Å². The zero-order chi connectivity index (χ0) is 13.2. The molecule has 1 N–H and O–H groups in total. The first-order valence-corrected chi connectivity index (χ1v) is 7.36. The molecule has 0 unspecified atom stereocenters. The van der Waals surface area contributed by atoms with Crippen LogP contribution in [0.5, 0.6) is 5.75 Å². The third-order valence-electron chi connectivity index (χ3n) is 4.53. The number of nitrogens with zero attached hydrogens (tertiary/aromatic N) is 1. The van der Waals surface area contributed by atoms with Gasteiger partial charge >= 0.3 is 0 Å². The van der Waals surface area contributed by atoms with Crippen molar-refractivity contribution in [3.05, 3.63) is 29.3 Å². The number of aryl methyl sites for hydroxylation is 2. The van der Waals surface area contributed by atoms with Crippen LogP contribution < -0.4 is 10.1 Å². The molecule has 0 aromatic heterocycles. The minimum absolute atomic E-state index is 0. The molecule has 0 radical (unpaired) electrons. The Hall–Kier alpha value is -0.770. The fourth-order valence-corrected chi connectivity index (χ4v) is 3.44. The topological polar surface area (TPSA) is 24.5 Å². The number of hydrogen-bond donors (Lipinski definition) is 1. The number of hydrogen-bond acceptors (Lipinski definition) is 3. The molecule has 0 aliphatic carbocycles. The largest absolute Gasteiger partial charge is 0.492 e. The van der Waals surface area contributed by atoms with E-state index in [0.717, 1.165) is 30.7 Å². The van der Waals surface area contributed by atoms with Crippen LogP contribution in [-0.4, -0.2) is 44.2 Å². The van der Waals surface area contributed by atoms with Gasteiger partial charge in [0.2, 0.25) is 0 Å². The van der Waals surface area contributed by atoms with Gasteiger partial charge in [-0.3, -0.25) is 4.90 Å². The van der Waals surface area contributed by atoms with Crippen LogP contribution in [0.1, 0.15) is 11.1 Å². The summed E-state index contributed by atoms with van der Waals surface area (Å²) in [6, 6.07) is 6.33. The second kappa shape index (κ2) is 6.79. The van der Waals surface area contributed by atoms with Crippen LogP contribution in [-0.2, 0) is 0 Å². The van der Waals surface area contributed by atoms with Crippen LogP contribution in [0.2, 0.25) is 0 Å². The average molecular weight is 297 g/mol. The minimum Gasteiger partial charge on any atom is -0.492 e. The maximum absolute atomic E-state index is 5.99. The molecule has 2 saturated heterocycles. The van der Waals surface area contributed by atoms with Crippen molar-refractivity contribution in [2.24, 2.45) is 11.8 Å². The van der Waals surface area contributed by atoms with E-state index < -0.39 is 0 Å². The van der Waals surface area contributed by atoms with E-state index in [4.69, 9.17) is 4.74 Å². The van der Waals surface area contributed by atoms with Crippen molar-refractivity contribution >= 4 is 12.4 Å². The van der Waals surface area contributed by atoms with Gasteiger partial charge in [-0.2, -0.15) is 0 Å². The lowest BCUT2D eigenvalue weighted by atomic mass is 10.0. The highest BCUT2D eigenvalue weighted by molar-refractivity contribution is 5.85. The van der Waals surface area contributed by atoms with Gasteiger partial charge in [-0.05, 0) is 49.9 Å². The predicted octanol–water partition coefficient (Wildman–Crippen LogP) is 2.26. The summed E-state index contributed by atoms with van der Waals surface area (Å²) in [5, 5.41) is 3.48. The van der Waals surface area contributed by atoms with E-state index in [0.29, 0.717) is 0 Å². The Morgan fingerprint density at radius 2 is 1.75 bits per heavy atom. The number of likely N-dealkylation sites (tertiary alicyclic amines) is 1. The molecule has 2 heterocycles. The molecule has 20 heavy (non-hydrogen) atoms. The van der Waals surface area contributed by atoms with Crippen molar-refractivity contribution < 1.29 is 4.74 Å². The molecule has 3 rings (SSSR count). The van der Waals surface area contributed by atoms with Crippen molar-refractivity contribution in [2.75, 3.05) is 39.3 Å². The van der Waals surface area contributed by atoms with Gasteiger partial charge in [0.15, 0.2) is 0 Å². The number of benzene rings is 1. The zero-order valence-electron chi connectivity index (χ0n) is 12.4. The minimum atomic E-state index is 0. The summed E-state index contributed by atoms with van der Waals surface area (Å²) in [5.74, 6) is 2.82. The molecule has 3 nitrogen and oxygen atoms in total. The normalized spacial score (nSPS) is 25.3. The van der Waals surface area contributed by atoms with Crippen molar-refractivity contribution in [3.8, 4) is 5.75 Å². The summed E-state index contributed by atoms with van der Waals surface area (Å²) in [6.07, 6.45) is 0. The summed E-state index contributed by atoms with van der Waals surface area (Å²) in [7, 11) is 0. The first kappa shape index (κ1) is 15.6. The smallest absolute Gasteiger partial charge is 0.125 e. The van der Waals surface area contributed by atoms with E-state index in [9.17, 15) is 0 Å². The fraction of sp³-hybridized carbons (Fsp3) is 0.625.